The molecule has 1 unspecified atom stereocenters. The molecule has 0 radical (unpaired) electrons. The first-order chi connectivity index (χ1) is 10.2. The predicted molar refractivity (Wildman–Crippen MR) is 86.6 cm³/mol. The van der Waals surface area contributed by atoms with E-state index in [1.54, 1.807) is 6.26 Å². The Morgan fingerprint density at radius 1 is 1.19 bits per heavy atom. The summed E-state index contributed by atoms with van der Waals surface area (Å²) in [7, 11) is 0. The number of fused-ring (bicyclic) bond motifs is 1. The van der Waals surface area contributed by atoms with Crippen molar-refractivity contribution in [1.29, 1.82) is 0 Å². The predicted octanol–water partition coefficient (Wildman–Crippen LogP) is 4.09. The first-order valence-corrected chi connectivity index (χ1v) is 8.04. The van der Waals surface area contributed by atoms with Gasteiger partial charge in [-0.3, -0.25) is 0 Å². The molecule has 1 aliphatic rings. The van der Waals surface area contributed by atoms with Crippen molar-refractivity contribution in [2.24, 2.45) is 0 Å². The molecule has 1 heterocycles. The third-order valence-corrected chi connectivity index (χ3v) is 4.63. The highest BCUT2D eigenvalue weighted by molar-refractivity contribution is 5.38. The zero-order valence-corrected chi connectivity index (χ0v) is 13.1. The van der Waals surface area contributed by atoms with E-state index in [9.17, 15) is 0 Å². The molecule has 0 spiro atoms. The van der Waals surface area contributed by atoms with Gasteiger partial charge in [-0.15, -0.1) is 0 Å². The molecule has 0 saturated carbocycles. The minimum Gasteiger partial charge on any atom is -0.469 e. The largest absolute Gasteiger partial charge is 0.469 e. The zero-order chi connectivity index (χ0) is 14.7. The van der Waals surface area contributed by atoms with Gasteiger partial charge in [-0.2, -0.15) is 0 Å². The minimum absolute atomic E-state index is 0.164. The summed E-state index contributed by atoms with van der Waals surface area (Å²) in [5.41, 5.74) is 3.19. The average molecular weight is 283 g/mol. The highest BCUT2D eigenvalue weighted by atomic mass is 16.3. The van der Waals surface area contributed by atoms with E-state index in [4.69, 9.17) is 4.42 Å². The lowest BCUT2D eigenvalue weighted by atomic mass is 9.67. The van der Waals surface area contributed by atoms with E-state index >= 15 is 0 Å². The Labute approximate surface area is 127 Å². The molecule has 21 heavy (non-hydrogen) atoms. The van der Waals surface area contributed by atoms with Gasteiger partial charge in [0, 0.05) is 24.4 Å². The Morgan fingerprint density at radius 3 is 2.81 bits per heavy atom. The maximum atomic E-state index is 5.66. The van der Waals surface area contributed by atoms with Crippen LogP contribution in [0.3, 0.4) is 0 Å². The highest BCUT2D eigenvalue weighted by Gasteiger charge is 2.37. The van der Waals surface area contributed by atoms with Gasteiger partial charge in [0.25, 0.3) is 0 Å². The lowest BCUT2D eigenvalue weighted by molar-refractivity contribution is 0.304. The van der Waals surface area contributed by atoms with Gasteiger partial charge in [0.1, 0.15) is 5.76 Å². The fourth-order valence-corrected chi connectivity index (χ4v) is 3.58. The van der Waals surface area contributed by atoms with Crippen molar-refractivity contribution >= 4 is 0 Å². The number of hydrogen-bond acceptors (Lipinski definition) is 2. The Kier molecular flexibility index (Phi) is 4.16. The Bertz CT molecular complexity index is 573. The second kappa shape index (κ2) is 6.07. The van der Waals surface area contributed by atoms with Crippen molar-refractivity contribution in [3.05, 3.63) is 59.5 Å². The van der Waals surface area contributed by atoms with Crippen LogP contribution in [0.2, 0.25) is 0 Å². The van der Waals surface area contributed by atoms with Gasteiger partial charge >= 0.3 is 0 Å². The number of hydrogen-bond donors (Lipinski definition) is 1. The summed E-state index contributed by atoms with van der Waals surface area (Å²) in [5, 5.41) is 3.67. The van der Waals surface area contributed by atoms with Crippen LogP contribution >= 0.6 is 0 Å². The zero-order valence-electron chi connectivity index (χ0n) is 13.1. The van der Waals surface area contributed by atoms with Crippen LogP contribution in [0.4, 0.5) is 0 Å². The Morgan fingerprint density at radius 2 is 2.05 bits per heavy atom. The molecule has 3 rings (SSSR count). The summed E-state index contributed by atoms with van der Waals surface area (Å²) in [6, 6.07) is 13.6. The molecule has 1 aromatic heterocycles. The number of benzene rings is 1. The van der Waals surface area contributed by atoms with E-state index in [1.165, 1.54) is 30.4 Å². The topological polar surface area (TPSA) is 25.2 Å². The second-order valence-corrected chi connectivity index (χ2v) is 6.58. The van der Waals surface area contributed by atoms with Crippen LogP contribution in [0.5, 0.6) is 0 Å². The highest BCUT2D eigenvalue weighted by Crippen LogP contribution is 2.39. The molecule has 0 saturated heterocycles. The quantitative estimate of drug-likeness (QED) is 0.894. The van der Waals surface area contributed by atoms with Gasteiger partial charge in [-0.05, 0) is 42.5 Å². The second-order valence-electron chi connectivity index (χ2n) is 6.58. The van der Waals surface area contributed by atoms with Crippen LogP contribution < -0.4 is 5.32 Å². The molecule has 1 N–H and O–H groups in total. The lowest BCUT2D eigenvalue weighted by Crippen LogP contribution is -2.44. The molecule has 1 atom stereocenters. The molecule has 1 aliphatic carbocycles. The third kappa shape index (κ3) is 3.06. The molecule has 1 aromatic carbocycles. The molecule has 2 aromatic rings. The maximum Gasteiger partial charge on any atom is 0.104 e. The van der Waals surface area contributed by atoms with E-state index in [0.29, 0.717) is 6.04 Å². The van der Waals surface area contributed by atoms with E-state index < -0.39 is 0 Å². The van der Waals surface area contributed by atoms with Gasteiger partial charge in [-0.25, -0.2) is 0 Å². The molecule has 0 bridgehead atoms. The SMILES string of the molecule is CC(C)NCC1(Cc2ccco2)CCCc2ccccc21. The van der Waals surface area contributed by atoms with Crippen molar-refractivity contribution in [1.82, 2.24) is 5.32 Å². The molecular formula is C19H25NO. The van der Waals surface area contributed by atoms with Crippen LogP contribution in [-0.4, -0.2) is 12.6 Å². The smallest absolute Gasteiger partial charge is 0.104 e. The molecular weight excluding hydrogens is 258 g/mol. The summed E-state index contributed by atoms with van der Waals surface area (Å²) in [6.45, 7) is 5.45. The standard InChI is InChI=1S/C19H25NO/c1-15(2)20-14-19(13-17-9-6-12-21-17)11-5-8-16-7-3-4-10-18(16)19/h3-4,6-7,9-10,12,15,20H,5,8,11,13-14H2,1-2H3. The molecule has 0 amide bonds. The summed E-state index contributed by atoms with van der Waals surface area (Å²) < 4.78 is 5.66. The molecule has 0 fully saturated rings. The van der Waals surface area contributed by atoms with Gasteiger partial charge in [-0.1, -0.05) is 38.1 Å². The number of aryl methyl sites for hydroxylation is 1. The van der Waals surface area contributed by atoms with Crippen LogP contribution in [0.1, 0.15) is 43.6 Å². The van der Waals surface area contributed by atoms with E-state index in [1.807, 2.05) is 6.07 Å². The van der Waals surface area contributed by atoms with Gasteiger partial charge in [0.15, 0.2) is 0 Å². The fraction of sp³-hybridized carbons (Fsp3) is 0.474. The van der Waals surface area contributed by atoms with Crippen molar-refractivity contribution in [3.8, 4) is 0 Å². The van der Waals surface area contributed by atoms with Crippen LogP contribution in [0.15, 0.2) is 47.1 Å². The van der Waals surface area contributed by atoms with E-state index in [2.05, 4.69) is 49.5 Å². The molecule has 2 nitrogen and oxygen atoms in total. The summed E-state index contributed by atoms with van der Waals surface area (Å²) in [6.07, 6.45) is 6.46. The summed E-state index contributed by atoms with van der Waals surface area (Å²) >= 11 is 0. The normalized spacial score (nSPS) is 21.5. The van der Waals surface area contributed by atoms with Gasteiger partial charge < -0.3 is 9.73 Å². The first kappa shape index (κ1) is 14.4. The Hall–Kier alpha value is -1.54. The maximum absolute atomic E-state index is 5.66. The van der Waals surface area contributed by atoms with Crippen molar-refractivity contribution in [2.45, 2.75) is 51.0 Å². The van der Waals surface area contributed by atoms with E-state index in [0.717, 1.165) is 18.7 Å². The minimum atomic E-state index is 0.164. The monoisotopic (exact) mass is 283 g/mol. The summed E-state index contributed by atoms with van der Waals surface area (Å²) in [5.74, 6) is 1.09. The molecule has 2 heteroatoms. The van der Waals surface area contributed by atoms with Crippen molar-refractivity contribution in [3.63, 3.8) is 0 Å². The Balaban J connectivity index is 1.96. The fourth-order valence-electron chi connectivity index (χ4n) is 3.58. The van der Waals surface area contributed by atoms with Crippen LogP contribution in [0, 0.1) is 0 Å². The number of rotatable bonds is 5. The lowest BCUT2D eigenvalue weighted by Gasteiger charge is -2.39. The van der Waals surface area contributed by atoms with E-state index in [-0.39, 0.29) is 5.41 Å². The van der Waals surface area contributed by atoms with Crippen LogP contribution in [-0.2, 0) is 18.3 Å². The van der Waals surface area contributed by atoms with Crippen molar-refractivity contribution < 1.29 is 4.42 Å². The average Bonchev–Trinajstić information content (AvgIpc) is 2.98. The van der Waals surface area contributed by atoms with Gasteiger partial charge in [0.2, 0.25) is 0 Å². The first-order valence-electron chi connectivity index (χ1n) is 8.04. The molecule has 0 aliphatic heterocycles. The summed E-state index contributed by atoms with van der Waals surface area (Å²) in [4.78, 5) is 0. The number of nitrogens with one attached hydrogen (secondary N) is 1. The number of furan rings is 1. The van der Waals surface area contributed by atoms with Crippen molar-refractivity contribution in [2.75, 3.05) is 6.54 Å². The third-order valence-electron chi connectivity index (χ3n) is 4.63. The van der Waals surface area contributed by atoms with Crippen LogP contribution in [0.25, 0.3) is 0 Å². The van der Waals surface area contributed by atoms with Gasteiger partial charge in [0.05, 0.1) is 6.26 Å². The molecule has 112 valence electrons.